The summed E-state index contributed by atoms with van der Waals surface area (Å²) in [4.78, 5) is 38.1. The molecule has 2 amide bonds. The molecule has 2 saturated carbocycles. The normalized spacial score (nSPS) is 31.8. The molecule has 0 saturated heterocycles. The second kappa shape index (κ2) is 3.96. The third kappa shape index (κ3) is 1.81. The molecule has 1 heterocycles. The Balaban J connectivity index is 1.66. The second-order valence-corrected chi connectivity index (χ2v) is 6.49. The highest BCUT2D eigenvalue weighted by molar-refractivity contribution is 5.93. The van der Waals surface area contributed by atoms with Crippen LogP contribution in [0.25, 0.3) is 0 Å². The van der Waals surface area contributed by atoms with E-state index in [4.69, 9.17) is 5.73 Å². The van der Waals surface area contributed by atoms with Gasteiger partial charge < -0.3 is 16.0 Å². The molecule has 1 atom stereocenters. The molecule has 1 unspecified atom stereocenters. The van der Waals surface area contributed by atoms with E-state index >= 15 is 0 Å². The Kier molecular flexibility index (Phi) is 2.38. The summed E-state index contributed by atoms with van der Waals surface area (Å²) in [5.74, 6) is -0.0211. The first-order valence-corrected chi connectivity index (χ1v) is 7.38. The molecule has 2 fully saturated rings. The summed E-state index contributed by atoms with van der Waals surface area (Å²) in [5, 5.41) is 3.09. The van der Waals surface area contributed by atoms with Gasteiger partial charge in [-0.15, -0.1) is 0 Å². The number of hydrogen-bond acceptors (Lipinski definition) is 3. The number of hydrogen-bond donors (Lipinski definition) is 3. The molecule has 0 aromatic carbocycles. The van der Waals surface area contributed by atoms with Crippen LogP contribution >= 0.6 is 0 Å². The molecule has 21 heavy (non-hydrogen) atoms. The molecule has 1 aromatic rings. The first-order chi connectivity index (χ1) is 10.0. The van der Waals surface area contributed by atoms with Crippen LogP contribution in [0.2, 0.25) is 0 Å². The van der Waals surface area contributed by atoms with Crippen LogP contribution in [0, 0.1) is 11.3 Å². The fourth-order valence-corrected chi connectivity index (χ4v) is 3.45. The summed E-state index contributed by atoms with van der Waals surface area (Å²) in [6.07, 6.45) is 4.50. The number of nitrogens with one attached hydrogen (secondary N) is 2. The van der Waals surface area contributed by atoms with Gasteiger partial charge in [0, 0.05) is 5.69 Å². The first kappa shape index (κ1) is 12.6. The standard InChI is InChI=1S/C15H17N3O3/c16-12(19)9-4-8-10(17-13(9)20)2-1-3-11(8)18-14(21)15-5-7(15)6-15/h4,7,11H,1-3,5-6H2,(H2,16,19)(H,17,20)(H,18,21). The van der Waals surface area contributed by atoms with Gasteiger partial charge in [-0.05, 0) is 49.7 Å². The lowest BCUT2D eigenvalue weighted by Crippen LogP contribution is -2.36. The van der Waals surface area contributed by atoms with E-state index < -0.39 is 11.5 Å². The van der Waals surface area contributed by atoms with Crippen LogP contribution in [-0.2, 0) is 11.2 Å². The molecule has 0 aliphatic heterocycles. The molecule has 110 valence electrons. The van der Waals surface area contributed by atoms with E-state index in [2.05, 4.69) is 10.3 Å². The van der Waals surface area contributed by atoms with Crippen LogP contribution in [0.15, 0.2) is 10.9 Å². The van der Waals surface area contributed by atoms with Gasteiger partial charge in [0.25, 0.3) is 11.5 Å². The van der Waals surface area contributed by atoms with Gasteiger partial charge in [-0.2, -0.15) is 0 Å². The topological polar surface area (TPSA) is 105 Å². The minimum Gasteiger partial charge on any atom is -0.365 e. The van der Waals surface area contributed by atoms with Gasteiger partial charge in [0.15, 0.2) is 0 Å². The summed E-state index contributed by atoms with van der Waals surface area (Å²) in [7, 11) is 0. The van der Waals surface area contributed by atoms with Gasteiger partial charge in [0.1, 0.15) is 5.56 Å². The maximum Gasteiger partial charge on any atom is 0.261 e. The largest absolute Gasteiger partial charge is 0.365 e. The van der Waals surface area contributed by atoms with E-state index in [-0.39, 0.29) is 22.9 Å². The maximum absolute atomic E-state index is 12.3. The third-order valence-electron chi connectivity index (χ3n) is 5.16. The number of rotatable bonds is 3. The van der Waals surface area contributed by atoms with Crippen molar-refractivity contribution in [3.8, 4) is 0 Å². The zero-order valence-corrected chi connectivity index (χ0v) is 11.6. The minimum atomic E-state index is -0.738. The quantitative estimate of drug-likeness (QED) is 0.748. The third-order valence-corrected chi connectivity index (χ3v) is 5.16. The van der Waals surface area contributed by atoms with Gasteiger partial charge in [-0.3, -0.25) is 14.4 Å². The Bertz CT molecular complexity index is 715. The van der Waals surface area contributed by atoms with Crippen LogP contribution in [-0.4, -0.2) is 16.8 Å². The van der Waals surface area contributed by atoms with Crippen molar-refractivity contribution >= 4 is 11.8 Å². The van der Waals surface area contributed by atoms with Crippen molar-refractivity contribution in [3.05, 3.63) is 33.2 Å². The van der Waals surface area contributed by atoms with Crippen LogP contribution in [0.4, 0.5) is 0 Å². The molecule has 3 aliphatic rings. The van der Waals surface area contributed by atoms with Crippen molar-refractivity contribution < 1.29 is 9.59 Å². The monoisotopic (exact) mass is 287 g/mol. The molecule has 4 N–H and O–H groups in total. The average molecular weight is 287 g/mol. The van der Waals surface area contributed by atoms with E-state index in [1.165, 1.54) is 0 Å². The molecule has 6 heteroatoms. The number of aromatic nitrogens is 1. The summed E-state index contributed by atoms with van der Waals surface area (Å²) >= 11 is 0. The molecular formula is C15H17N3O3. The highest BCUT2D eigenvalue weighted by Gasteiger charge is 2.74. The lowest BCUT2D eigenvalue weighted by Gasteiger charge is -2.27. The number of pyridine rings is 1. The zero-order chi connectivity index (χ0) is 14.8. The second-order valence-electron chi connectivity index (χ2n) is 6.49. The van der Waals surface area contributed by atoms with Crippen LogP contribution < -0.4 is 16.6 Å². The number of carbonyl (C=O) groups is 2. The Labute approximate surface area is 121 Å². The number of primary amides is 1. The maximum atomic E-state index is 12.3. The van der Waals surface area contributed by atoms with E-state index in [0.717, 1.165) is 43.4 Å². The van der Waals surface area contributed by atoms with Crippen molar-refractivity contribution in [3.63, 3.8) is 0 Å². The first-order valence-electron chi connectivity index (χ1n) is 7.38. The number of fused-ring (bicyclic) bond motifs is 2. The number of H-pyrrole nitrogens is 1. The molecule has 1 aromatic heterocycles. The Morgan fingerprint density at radius 2 is 2.10 bits per heavy atom. The lowest BCUT2D eigenvalue weighted by molar-refractivity contribution is -0.125. The highest BCUT2D eigenvalue weighted by Crippen LogP contribution is 2.75. The predicted octanol–water partition coefficient (Wildman–Crippen LogP) is 0.377. The number of aromatic amines is 1. The molecule has 6 nitrogen and oxygen atoms in total. The fourth-order valence-electron chi connectivity index (χ4n) is 3.45. The van der Waals surface area contributed by atoms with Gasteiger partial charge >= 0.3 is 0 Å². The van der Waals surface area contributed by atoms with E-state index in [1.807, 2.05) is 0 Å². The van der Waals surface area contributed by atoms with E-state index in [0.29, 0.717) is 5.92 Å². The van der Waals surface area contributed by atoms with Crippen molar-refractivity contribution in [1.29, 1.82) is 0 Å². The van der Waals surface area contributed by atoms with Crippen LogP contribution in [0.3, 0.4) is 0 Å². The number of amides is 2. The number of aryl methyl sites for hydroxylation is 1. The van der Waals surface area contributed by atoms with Crippen molar-refractivity contribution in [2.75, 3.05) is 0 Å². The lowest BCUT2D eigenvalue weighted by atomic mass is 9.90. The Hall–Kier alpha value is -2.11. The van der Waals surface area contributed by atoms with Crippen molar-refractivity contribution in [1.82, 2.24) is 10.3 Å². The number of nitrogens with two attached hydrogens (primary N) is 1. The molecule has 0 radical (unpaired) electrons. The van der Waals surface area contributed by atoms with Crippen molar-refractivity contribution in [2.24, 2.45) is 17.1 Å². The molecular weight excluding hydrogens is 270 g/mol. The summed E-state index contributed by atoms with van der Waals surface area (Å²) < 4.78 is 0. The summed E-state index contributed by atoms with van der Waals surface area (Å²) in [5.41, 5.74) is 6.31. The molecule has 3 aliphatic carbocycles. The Morgan fingerprint density at radius 1 is 1.38 bits per heavy atom. The van der Waals surface area contributed by atoms with Gasteiger partial charge in [-0.25, -0.2) is 0 Å². The Morgan fingerprint density at radius 3 is 2.71 bits per heavy atom. The fraction of sp³-hybridized carbons (Fsp3) is 0.533. The molecule has 0 spiro atoms. The average Bonchev–Trinajstić information content (AvgIpc) is 3.26. The van der Waals surface area contributed by atoms with Gasteiger partial charge in [0.05, 0.1) is 11.5 Å². The van der Waals surface area contributed by atoms with Gasteiger partial charge in [-0.1, -0.05) is 0 Å². The van der Waals surface area contributed by atoms with E-state index in [1.54, 1.807) is 6.07 Å². The SMILES string of the molecule is NC(=O)c1cc2c([nH]c1=O)CCCC2NC(=O)C12CC1C2. The van der Waals surface area contributed by atoms with Crippen LogP contribution in [0.1, 0.15) is 53.3 Å². The highest BCUT2D eigenvalue weighted by atomic mass is 16.2. The minimum absolute atomic E-state index is 0.0382. The summed E-state index contributed by atoms with van der Waals surface area (Å²) in [6.45, 7) is 0. The smallest absolute Gasteiger partial charge is 0.261 e. The number of carbonyl (C=O) groups excluding carboxylic acids is 2. The molecule has 4 rings (SSSR count). The van der Waals surface area contributed by atoms with Gasteiger partial charge in [0.2, 0.25) is 5.91 Å². The predicted molar refractivity (Wildman–Crippen MR) is 74.6 cm³/mol. The van der Waals surface area contributed by atoms with E-state index in [9.17, 15) is 14.4 Å². The zero-order valence-electron chi connectivity index (χ0n) is 11.6. The molecule has 0 bridgehead atoms. The van der Waals surface area contributed by atoms with Crippen LogP contribution in [0.5, 0.6) is 0 Å². The van der Waals surface area contributed by atoms with Crippen molar-refractivity contribution in [2.45, 2.75) is 38.1 Å². The summed E-state index contributed by atoms with van der Waals surface area (Å²) in [6, 6.07) is 1.42.